The van der Waals surface area contributed by atoms with Gasteiger partial charge in [0.05, 0.1) is 10.5 Å². The van der Waals surface area contributed by atoms with Crippen LogP contribution in [0.25, 0.3) is 10.9 Å². The third-order valence-corrected chi connectivity index (χ3v) is 2.92. The summed E-state index contributed by atoms with van der Waals surface area (Å²) in [5, 5.41) is 0.565. The van der Waals surface area contributed by atoms with Gasteiger partial charge in [-0.05, 0) is 18.2 Å². The highest BCUT2D eigenvalue weighted by molar-refractivity contribution is 6.39. The number of aromatic nitrogens is 1. The summed E-state index contributed by atoms with van der Waals surface area (Å²) in [5.74, 6) is -1.46. The van der Waals surface area contributed by atoms with E-state index in [1.165, 1.54) is 22.8 Å². The van der Waals surface area contributed by atoms with Gasteiger partial charge in [-0.15, -0.1) is 0 Å². The second-order valence-electron chi connectivity index (χ2n) is 3.72. The Hall–Kier alpha value is -2.08. The summed E-state index contributed by atoms with van der Waals surface area (Å²) in [6.07, 6.45) is 0. The van der Waals surface area contributed by atoms with Crippen molar-refractivity contribution >= 4 is 34.4 Å². The molecule has 1 aromatic carbocycles. The number of benzene rings is 1. The molecule has 0 radical (unpaired) electrons. The SMILES string of the molecule is Cn1c(C(=O)N=C(N)N)c(Cl)c2cc(F)ccc21. The minimum Gasteiger partial charge on any atom is -0.370 e. The maximum atomic E-state index is 13.1. The lowest BCUT2D eigenvalue weighted by atomic mass is 10.2. The number of halogens is 2. The lowest BCUT2D eigenvalue weighted by Crippen LogP contribution is -2.24. The number of aryl methyl sites for hydroxylation is 1. The number of fused-ring (bicyclic) bond motifs is 1. The Kier molecular flexibility index (Phi) is 2.96. The van der Waals surface area contributed by atoms with Crippen LogP contribution in [-0.4, -0.2) is 16.4 Å². The highest BCUT2D eigenvalue weighted by Crippen LogP contribution is 2.30. The van der Waals surface area contributed by atoms with Crippen molar-refractivity contribution in [3.8, 4) is 0 Å². The van der Waals surface area contributed by atoms with E-state index in [0.717, 1.165) is 0 Å². The summed E-state index contributed by atoms with van der Waals surface area (Å²) in [4.78, 5) is 15.2. The van der Waals surface area contributed by atoms with Crippen LogP contribution in [0.5, 0.6) is 0 Å². The van der Waals surface area contributed by atoms with Crippen LogP contribution < -0.4 is 11.5 Å². The molecule has 2 rings (SSSR count). The van der Waals surface area contributed by atoms with Crippen molar-refractivity contribution in [3.63, 3.8) is 0 Å². The Labute approximate surface area is 107 Å². The molecule has 0 saturated heterocycles. The second kappa shape index (κ2) is 4.30. The fraction of sp³-hybridized carbons (Fsp3) is 0.0909. The number of hydrogen-bond acceptors (Lipinski definition) is 1. The second-order valence-corrected chi connectivity index (χ2v) is 4.10. The number of carbonyl (C=O) groups is 1. The molecule has 0 aliphatic carbocycles. The highest BCUT2D eigenvalue weighted by atomic mass is 35.5. The highest BCUT2D eigenvalue weighted by Gasteiger charge is 2.19. The Morgan fingerprint density at radius 3 is 2.72 bits per heavy atom. The molecular weight excluding hydrogens is 259 g/mol. The first-order valence-corrected chi connectivity index (χ1v) is 5.37. The van der Waals surface area contributed by atoms with E-state index in [4.69, 9.17) is 23.1 Å². The molecule has 2 aromatic rings. The normalized spacial score (nSPS) is 10.6. The molecule has 1 aromatic heterocycles. The molecular formula is C11H10ClFN4O. The molecule has 0 bridgehead atoms. The van der Waals surface area contributed by atoms with Crippen molar-refractivity contribution in [2.75, 3.05) is 0 Å². The number of nitrogens with two attached hydrogens (primary N) is 2. The molecule has 0 atom stereocenters. The van der Waals surface area contributed by atoms with Gasteiger partial charge < -0.3 is 16.0 Å². The van der Waals surface area contributed by atoms with Crippen molar-refractivity contribution in [3.05, 3.63) is 34.7 Å². The molecule has 7 heteroatoms. The molecule has 18 heavy (non-hydrogen) atoms. The molecule has 1 heterocycles. The van der Waals surface area contributed by atoms with E-state index in [0.29, 0.717) is 10.9 Å². The predicted molar refractivity (Wildman–Crippen MR) is 68.0 cm³/mol. The lowest BCUT2D eigenvalue weighted by molar-refractivity contribution is 0.0995. The first kappa shape index (κ1) is 12.4. The van der Waals surface area contributed by atoms with Crippen molar-refractivity contribution in [1.29, 1.82) is 0 Å². The van der Waals surface area contributed by atoms with Gasteiger partial charge in [-0.25, -0.2) is 4.39 Å². The van der Waals surface area contributed by atoms with Crippen molar-refractivity contribution < 1.29 is 9.18 Å². The summed E-state index contributed by atoms with van der Waals surface area (Å²) in [5.41, 5.74) is 11.0. The zero-order chi connectivity index (χ0) is 13.4. The number of carbonyl (C=O) groups excluding carboxylic acids is 1. The molecule has 4 N–H and O–H groups in total. The predicted octanol–water partition coefficient (Wildman–Crippen LogP) is 1.38. The minimum atomic E-state index is -0.667. The van der Waals surface area contributed by atoms with Crippen molar-refractivity contribution in [2.24, 2.45) is 23.5 Å². The first-order chi connectivity index (χ1) is 8.41. The molecule has 5 nitrogen and oxygen atoms in total. The zero-order valence-electron chi connectivity index (χ0n) is 9.45. The molecule has 0 fully saturated rings. The maximum Gasteiger partial charge on any atom is 0.298 e. The third-order valence-electron chi connectivity index (χ3n) is 2.53. The van der Waals surface area contributed by atoms with Crippen LogP contribution in [0.4, 0.5) is 4.39 Å². The average molecular weight is 269 g/mol. The van der Waals surface area contributed by atoms with Gasteiger partial charge in [-0.3, -0.25) is 4.79 Å². The average Bonchev–Trinajstić information content (AvgIpc) is 2.50. The summed E-state index contributed by atoms with van der Waals surface area (Å²) in [6.45, 7) is 0. The fourth-order valence-corrected chi connectivity index (χ4v) is 2.14. The van der Waals surface area contributed by atoms with Gasteiger partial charge in [0, 0.05) is 12.4 Å². The largest absolute Gasteiger partial charge is 0.370 e. The number of aliphatic imine (C=N–C) groups is 1. The maximum absolute atomic E-state index is 13.1. The quantitative estimate of drug-likeness (QED) is 0.605. The zero-order valence-corrected chi connectivity index (χ0v) is 10.2. The van der Waals surface area contributed by atoms with Crippen LogP contribution in [-0.2, 0) is 7.05 Å². The van der Waals surface area contributed by atoms with Gasteiger partial charge in [0.2, 0.25) is 0 Å². The summed E-state index contributed by atoms with van der Waals surface area (Å²) < 4.78 is 14.7. The standard InChI is InChI=1S/C11H10ClFN4O/c1-17-7-3-2-5(13)4-6(7)8(12)9(17)10(18)16-11(14)15/h2-4H,1H3,(H4,14,15,16,18). The first-order valence-electron chi connectivity index (χ1n) is 4.99. The van der Waals surface area contributed by atoms with Crippen LogP contribution in [0.2, 0.25) is 5.02 Å². The molecule has 0 aliphatic heterocycles. The Balaban J connectivity index is 2.73. The number of nitrogens with zero attached hydrogens (tertiary/aromatic N) is 2. The van der Waals surface area contributed by atoms with Crippen LogP contribution in [0, 0.1) is 5.82 Å². The van der Waals surface area contributed by atoms with Crippen LogP contribution >= 0.6 is 11.6 Å². The Bertz CT molecular complexity index is 673. The van der Waals surface area contributed by atoms with Crippen molar-refractivity contribution in [1.82, 2.24) is 4.57 Å². The van der Waals surface area contributed by atoms with Gasteiger partial charge in [0.25, 0.3) is 5.91 Å². The monoisotopic (exact) mass is 268 g/mol. The van der Waals surface area contributed by atoms with E-state index >= 15 is 0 Å². The van der Waals surface area contributed by atoms with Gasteiger partial charge in [0.15, 0.2) is 5.96 Å². The van der Waals surface area contributed by atoms with Gasteiger partial charge in [-0.2, -0.15) is 4.99 Å². The smallest absolute Gasteiger partial charge is 0.298 e. The summed E-state index contributed by atoms with van der Waals surface area (Å²) in [6, 6.07) is 4.07. The van der Waals surface area contributed by atoms with Gasteiger partial charge >= 0.3 is 0 Å². The Morgan fingerprint density at radius 2 is 2.11 bits per heavy atom. The molecule has 0 spiro atoms. The number of hydrogen-bond donors (Lipinski definition) is 2. The molecule has 0 unspecified atom stereocenters. The van der Waals surface area contributed by atoms with Crippen LogP contribution in [0.3, 0.4) is 0 Å². The van der Waals surface area contributed by atoms with Crippen LogP contribution in [0.15, 0.2) is 23.2 Å². The van der Waals surface area contributed by atoms with Crippen molar-refractivity contribution in [2.45, 2.75) is 0 Å². The number of amides is 1. The molecule has 94 valence electrons. The molecule has 1 amide bonds. The van der Waals surface area contributed by atoms with Gasteiger partial charge in [-0.1, -0.05) is 11.6 Å². The molecule has 0 aliphatic rings. The molecule has 0 saturated carbocycles. The van der Waals surface area contributed by atoms with E-state index in [2.05, 4.69) is 4.99 Å². The van der Waals surface area contributed by atoms with E-state index in [-0.39, 0.29) is 16.7 Å². The summed E-state index contributed by atoms with van der Waals surface area (Å²) in [7, 11) is 1.63. The van der Waals surface area contributed by atoms with E-state index < -0.39 is 11.7 Å². The van der Waals surface area contributed by atoms with E-state index in [9.17, 15) is 9.18 Å². The summed E-state index contributed by atoms with van der Waals surface area (Å²) >= 11 is 6.05. The van der Waals surface area contributed by atoms with Crippen LogP contribution in [0.1, 0.15) is 10.5 Å². The topological polar surface area (TPSA) is 86.4 Å². The van der Waals surface area contributed by atoms with E-state index in [1.807, 2.05) is 0 Å². The third kappa shape index (κ3) is 1.91. The van der Waals surface area contributed by atoms with E-state index in [1.54, 1.807) is 7.05 Å². The minimum absolute atomic E-state index is 0.116. The Morgan fingerprint density at radius 1 is 1.44 bits per heavy atom. The number of guanidine groups is 1. The lowest BCUT2D eigenvalue weighted by Gasteiger charge is -2.00. The number of rotatable bonds is 1. The van der Waals surface area contributed by atoms with Gasteiger partial charge in [0.1, 0.15) is 11.5 Å². The fourth-order valence-electron chi connectivity index (χ4n) is 1.78.